The third-order valence-electron chi connectivity index (χ3n) is 3.01. The summed E-state index contributed by atoms with van der Waals surface area (Å²) in [4.78, 5) is 3.69. The smallest absolute Gasteiger partial charge is 0.109 e. The summed E-state index contributed by atoms with van der Waals surface area (Å²) in [5.74, 6) is 0. The number of hydrogen-bond donors (Lipinski definition) is 1. The number of rotatable bonds is 0. The van der Waals surface area contributed by atoms with E-state index in [9.17, 15) is 0 Å². The molecule has 1 rings (SSSR count). The molecule has 1 N–H and O–H groups in total. The monoisotopic (exact) mass is 159 g/mol. The van der Waals surface area contributed by atoms with Gasteiger partial charge in [-0.3, -0.25) is 0 Å². The molecule has 0 unspecified atom stereocenters. The number of nitrogens with one attached hydrogen (secondary N) is 1. The highest BCUT2D eigenvalue weighted by Gasteiger charge is 2.44. The van der Waals surface area contributed by atoms with Gasteiger partial charge in [0, 0.05) is 0 Å². The topological polar surface area (TPSA) is 12.0 Å². The van der Waals surface area contributed by atoms with Crippen LogP contribution in [0.5, 0.6) is 0 Å². The Morgan fingerprint density at radius 1 is 1.11 bits per heavy atom. The molecule has 0 aromatic heterocycles. The van der Waals surface area contributed by atoms with Crippen molar-refractivity contribution >= 4 is 15.3 Å². The van der Waals surface area contributed by atoms with Crippen molar-refractivity contribution in [2.75, 3.05) is 6.54 Å². The van der Waals surface area contributed by atoms with Gasteiger partial charge in [-0.25, -0.2) is 0 Å². The first-order valence-electron chi connectivity index (χ1n) is 3.71. The van der Waals surface area contributed by atoms with E-state index in [0.717, 1.165) is 0 Å². The lowest BCUT2D eigenvalue weighted by Crippen LogP contribution is -2.57. The molecule has 1 fully saturated rings. The van der Waals surface area contributed by atoms with Crippen LogP contribution in [0, 0.1) is 0 Å². The normalized spacial score (nSPS) is 30.7. The van der Waals surface area contributed by atoms with Crippen LogP contribution in [0.1, 0.15) is 0 Å². The fourth-order valence-electron chi connectivity index (χ4n) is 1.24. The predicted octanol–water partition coefficient (Wildman–Crippen LogP) is 1.58. The van der Waals surface area contributed by atoms with Crippen molar-refractivity contribution in [1.29, 1.82) is 0 Å². The molecule has 0 radical (unpaired) electrons. The Morgan fingerprint density at radius 3 is 1.78 bits per heavy atom. The van der Waals surface area contributed by atoms with Crippen LogP contribution in [0.3, 0.4) is 0 Å². The fourth-order valence-corrected chi connectivity index (χ4v) is 8.15. The molecule has 0 atom stereocenters. The Hall–Kier alpha value is 0.394. The van der Waals surface area contributed by atoms with Crippen molar-refractivity contribution in [2.45, 2.75) is 32.2 Å². The van der Waals surface area contributed by atoms with Gasteiger partial charge in [0.15, 0.2) is 0 Å². The maximum absolute atomic E-state index is 3.69. The van der Waals surface area contributed by atoms with Crippen LogP contribution in [0.15, 0.2) is 0 Å². The molecule has 3 heteroatoms. The Kier molecular flexibility index (Phi) is 1.61. The summed E-state index contributed by atoms with van der Waals surface area (Å²) in [6.07, 6.45) is 0. The van der Waals surface area contributed by atoms with E-state index in [1.165, 1.54) is 12.6 Å². The van der Waals surface area contributed by atoms with Crippen molar-refractivity contribution in [3.63, 3.8) is 0 Å². The minimum atomic E-state index is -0.879. The van der Waals surface area contributed by atoms with E-state index in [4.69, 9.17) is 0 Å². The molecule has 0 saturated carbocycles. The van der Waals surface area contributed by atoms with Crippen LogP contribution in [0.25, 0.3) is 0 Å². The van der Waals surface area contributed by atoms with Crippen LogP contribution in [0.4, 0.5) is 0 Å². The van der Waals surface area contributed by atoms with Gasteiger partial charge in [-0.1, -0.05) is 26.2 Å². The van der Waals surface area contributed by atoms with Gasteiger partial charge in [0.1, 0.15) is 7.75 Å². The van der Waals surface area contributed by atoms with E-state index >= 15 is 0 Å². The van der Waals surface area contributed by atoms with Crippen LogP contribution in [0.2, 0.25) is 32.2 Å². The largest absolute Gasteiger partial charge is 0.340 e. The van der Waals surface area contributed by atoms with Gasteiger partial charge in [0.2, 0.25) is 0 Å². The third kappa shape index (κ3) is 1.13. The van der Waals surface area contributed by atoms with Gasteiger partial charge in [0.05, 0.1) is 7.59 Å². The lowest BCUT2D eigenvalue weighted by molar-refractivity contribution is 1.01. The molecule has 54 valence electrons. The highest BCUT2D eigenvalue weighted by Crippen LogP contribution is 2.25. The van der Waals surface area contributed by atoms with Crippen LogP contribution in [-0.2, 0) is 0 Å². The van der Waals surface area contributed by atoms with E-state index < -0.39 is 15.3 Å². The molecule has 0 aliphatic carbocycles. The first kappa shape index (κ1) is 7.50. The highest BCUT2D eigenvalue weighted by molar-refractivity contribution is 7.40. The Labute approximate surface area is 59.7 Å². The van der Waals surface area contributed by atoms with Crippen LogP contribution < -0.4 is 4.98 Å². The molecule has 1 heterocycles. The van der Waals surface area contributed by atoms with E-state index in [1.807, 2.05) is 0 Å². The average molecular weight is 159 g/mol. The molecule has 1 saturated heterocycles. The molecule has 0 bridgehead atoms. The van der Waals surface area contributed by atoms with Crippen LogP contribution >= 0.6 is 0 Å². The summed E-state index contributed by atoms with van der Waals surface area (Å²) in [6, 6.07) is 1.51. The summed E-state index contributed by atoms with van der Waals surface area (Å²) in [6.45, 7) is 11.3. The van der Waals surface area contributed by atoms with Crippen LogP contribution in [-0.4, -0.2) is 21.9 Å². The molecular weight excluding hydrogens is 142 g/mol. The SMILES string of the molecule is C[Si]1(C)CCN[Si]1(C)C. The van der Waals surface area contributed by atoms with E-state index in [-0.39, 0.29) is 0 Å². The minimum Gasteiger partial charge on any atom is -0.340 e. The summed E-state index contributed by atoms with van der Waals surface area (Å²) >= 11 is 0. The molecular formula is C6H17NSi2. The van der Waals surface area contributed by atoms with Gasteiger partial charge in [-0.15, -0.1) is 0 Å². The van der Waals surface area contributed by atoms with E-state index in [1.54, 1.807) is 0 Å². The van der Waals surface area contributed by atoms with E-state index in [0.29, 0.717) is 0 Å². The quantitative estimate of drug-likeness (QED) is 0.529. The average Bonchev–Trinajstić information content (AvgIpc) is 1.81. The first-order valence-corrected chi connectivity index (χ1v) is 10.9. The van der Waals surface area contributed by atoms with Gasteiger partial charge in [-0.05, 0) is 12.6 Å². The molecule has 1 aliphatic heterocycles. The Bertz CT molecular complexity index is 106. The zero-order valence-corrected chi connectivity index (χ0v) is 8.91. The van der Waals surface area contributed by atoms with Crippen molar-refractivity contribution in [1.82, 2.24) is 4.98 Å². The predicted molar refractivity (Wildman–Crippen MR) is 47.8 cm³/mol. The van der Waals surface area contributed by atoms with E-state index in [2.05, 4.69) is 31.2 Å². The summed E-state index contributed by atoms with van der Waals surface area (Å²) in [5, 5.41) is 0. The maximum Gasteiger partial charge on any atom is 0.109 e. The molecule has 0 spiro atoms. The van der Waals surface area contributed by atoms with Crippen molar-refractivity contribution in [3.8, 4) is 0 Å². The second-order valence-corrected chi connectivity index (χ2v) is 19.9. The molecule has 9 heavy (non-hydrogen) atoms. The summed E-state index contributed by atoms with van der Waals surface area (Å²) < 4.78 is 0. The lowest BCUT2D eigenvalue weighted by atomic mass is 10.8. The standard InChI is InChI=1S/C6H17NSi2/c1-8(2)6-5-7-9(8,3)4/h7H,5-6H2,1-4H3. The van der Waals surface area contributed by atoms with Gasteiger partial charge < -0.3 is 4.98 Å². The minimum absolute atomic E-state index is 0.740. The maximum atomic E-state index is 3.69. The fraction of sp³-hybridized carbons (Fsp3) is 1.00. The van der Waals surface area contributed by atoms with Gasteiger partial charge in [0.25, 0.3) is 0 Å². The van der Waals surface area contributed by atoms with Crippen molar-refractivity contribution in [3.05, 3.63) is 0 Å². The van der Waals surface area contributed by atoms with Gasteiger partial charge in [-0.2, -0.15) is 0 Å². The highest BCUT2D eigenvalue weighted by atomic mass is 29.3. The zero-order chi connectivity index (χ0) is 7.12. The molecule has 0 amide bonds. The molecule has 0 aromatic rings. The summed E-state index contributed by atoms with van der Waals surface area (Å²) in [5.41, 5.74) is 0. The lowest BCUT2D eigenvalue weighted by Gasteiger charge is -2.29. The zero-order valence-electron chi connectivity index (χ0n) is 6.91. The first-order chi connectivity index (χ1) is 3.96. The van der Waals surface area contributed by atoms with Crippen molar-refractivity contribution < 1.29 is 0 Å². The van der Waals surface area contributed by atoms with Gasteiger partial charge >= 0.3 is 0 Å². The molecule has 0 aromatic carbocycles. The molecule has 1 aliphatic rings. The van der Waals surface area contributed by atoms with Crippen molar-refractivity contribution in [2.24, 2.45) is 0 Å². The second kappa shape index (κ2) is 1.94. The summed E-state index contributed by atoms with van der Waals surface area (Å²) in [7, 11) is -1.62. The Balaban J connectivity index is 2.75. The Morgan fingerprint density at radius 2 is 1.67 bits per heavy atom. The number of hydrogen-bond acceptors (Lipinski definition) is 1. The molecule has 1 nitrogen and oxygen atoms in total. The third-order valence-corrected chi connectivity index (χ3v) is 20.5. The second-order valence-electron chi connectivity index (χ2n) is 4.19.